The smallest absolute Gasteiger partial charge is 0.319 e. The molecule has 0 aliphatic carbocycles. The molecular weight excluding hydrogens is 430 g/mol. The van der Waals surface area contributed by atoms with E-state index >= 15 is 0 Å². The van der Waals surface area contributed by atoms with Crippen molar-refractivity contribution < 1.29 is 9.59 Å². The van der Waals surface area contributed by atoms with Crippen molar-refractivity contribution in [1.29, 1.82) is 0 Å². The van der Waals surface area contributed by atoms with Crippen molar-refractivity contribution >= 4 is 34.9 Å². The van der Waals surface area contributed by atoms with Crippen molar-refractivity contribution in [2.75, 3.05) is 13.2 Å². The van der Waals surface area contributed by atoms with E-state index < -0.39 is 5.54 Å². The zero-order chi connectivity index (χ0) is 21.8. The summed E-state index contributed by atoms with van der Waals surface area (Å²) in [7, 11) is 0. The SMILES string of the molecule is CCN(Cc1ccc(Cl)s1)CN1C(=O)N[C@](Cc2ccccc2)(c2ccccc2)C1=O. The molecule has 2 aromatic carbocycles. The Bertz CT molecular complexity index is 1060. The summed E-state index contributed by atoms with van der Waals surface area (Å²) in [6.07, 6.45) is 0.394. The number of imide groups is 1. The third-order valence-electron chi connectivity index (χ3n) is 5.55. The first-order valence-electron chi connectivity index (χ1n) is 10.2. The van der Waals surface area contributed by atoms with Gasteiger partial charge >= 0.3 is 6.03 Å². The van der Waals surface area contributed by atoms with Gasteiger partial charge in [0.15, 0.2) is 5.54 Å². The molecule has 1 aliphatic rings. The fourth-order valence-corrected chi connectivity index (χ4v) is 5.05. The number of benzene rings is 2. The van der Waals surface area contributed by atoms with Crippen LogP contribution in [0.4, 0.5) is 4.79 Å². The van der Waals surface area contributed by atoms with E-state index in [1.807, 2.05) is 79.7 Å². The van der Waals surface area contributed by atoms with E-state index in [1.54, 1.807) is 0 Å². The van der Waals surface area contributed by atoms with Crippen LogP contribution in [0.1, 0.15) is 22.9 Å². The quantitative estimate of drug-likeness (QED) is 0.495. The van der Waals surface area contributed by atoms with Gasteiger partial charge in [-0.25, -0.2) is 9.69 Å². The van der Waals surface area contributed by atoms with E-state index in [9.17, 15) is 9.59 Å². The lowest BCUT2D eigenvalue weighted by atomic mass is 9.83. The summed E-state index contributed by atoms with van der Waals surface area (Å²) in [6, 6.07) is 22.7. The number of nitrogens with one attached hydrogen (secondary N) is 1. The summed E-state index contributed by atoms with van der Waals surface area (Å²) < 4.78 is 0.729. The lowest BCUT2D eigenvalue weighted by molar-refractivity contribution is -0.133. The maximum Gasteiger partial charge on any atom is 0.326 e. The molecule has 0 bridgehead atoms. The van der Waals surface area contributed by atoms with Crippen LogP contribution in [0, 0.1) is 0 Å². The Morgan fingerprint density at radius 1 is 1.00 bits per heavy atom. The summed E-state index contributed by atoms with van der Waals surface area (Å²) in [4.78, 5) is 31.3. The van der Waals surface area contributed by atoms with E-state index in [-0.39, 0.29) is 18.6 Å². The maximum atomic E-state index is 13.7. The number of urea groups is 1. The minimum absolute atomic E-state index is 0.222. The normalized spacial score (nSPS) is 18.6. The molecule has 3 amide bonds. The highest BCUT2D eigenvalue weighted by Crippen LogP contribution is 2.33. The average Bonchev–Trinajstić information content (AvgIpc) is 3.30. The van der Waals surface area contributed by atoms with Gasteiger partial charge in [-0.1, -0.05) is 79.2 Å². The van der Waals surface area contributed by atoms with Gasteiger partial charge < -0.3 is 5.32 Å². The molecule has 2 heterocycles. The third-order valence-corrected chi connectivity index (χ3v) is 6.77. The molecule has 160 valence electrons. The zero-order valence-electron chi connectivity index (χ0n) is 17.3. The van der Waals surface area contributed by atoms with E-state index in [0.717, 1.165) is 20.3 Å². The number of nitrogens with zero attached hydrogens (tertiary/aromatic N) is 2. The Morgan fingerprint density at radius 2 is 1.68 bits per heavy atom. The summed E-state index contributed by atoms with van der Waals surface area (Å²) >= 11 is 7.57. The van der Waals surface area contributed by atoms with Crippen molar-refractivity contribution in [3.05, 3.63) is 93.1 Å². The predicted molar refractivity (Wildman–Crippen MR) is 124 cm³/mol. The van der Waals surface area contributed by atoms with Crippen molar-refractivity contribution in [2.45, 2.75) is 25.4 Å². The van der Waals surface area contributed by atoms with Gasteiger partial charge in [-0.15, -0.1) is 11.3 Å². The number of hydrogen-bond donors (Lipinski definition) is 1. The number of carbonyl (C=O) groups is 2. The van der Waals surface area contributed by atoms with E-state index in [0.29, 0.717) is 19.5 Å². The number of halogens is 1. The first kappa shape index (κ1) is 21.6. The van der Waals surface area contributed by atoms with Crippen LogP contribution in [0.15, 0.2) is 72.8 Å². The topological polar surface area (TPSA) is 52.6 Å². The van der Waals surface area contributed by atoms with Gasteiger partial charge in [0.1, 0.15) is 0 Å². The van der Waals surface area contributed by atoms with Crippen molar-refractivity contribution in [3.63, 3.8) is 0 Å². The van der Waals surface area contributed by atoms with Crippen LogP contribution in [0.5, 0.6) is 0 Å². The molecule has 1 atom stereocenters. The van der Waals surface area contributed by atoms with Gasteiger partial charge in [0.25, 0.3) is 5.91 Å². The molecule has 7 heteroatoms. The molecule has 0 saturated carbocycles. The number of amides is 3. The number of rotatable bonds is 8. The molecule has 1 aliphatic heterocycles. The Labute approximate surface area is 191 Å². The summed E-state index contributed by atoms with van der Waals surface area (Å²) in [5.74, 6) is -0.227. The molecule has 4 rings (SSSR count). The Hall–Kier alpha value is -2.67. The lowest BCUT2D eigenvalue weighted by Gasteiger charge is -2.29. The van der Waals surface area contributed by atoms with Gasteiger partial charge in [-0.3, -0.25) is 9.69 Å². The van der Waals surface area contributed by atoms with Crippen LogP contribution < -0.4 is 5.32 Å². The van der Waals surface area contributed by atoms with Crippen LogP contribution in [-0.4, -0.2) is 35.0 Å². The second kappa shape index (κ2) is 9.22. The highest BCUT2D eigenvalue weighted by molar-refractivity contribution is 7.16. The molecule has 0 radical (unpaired) electrons. The fraction of sp³-hybridized carbons (Fsp3) is 0.250. The van der Waals surface area contributed by atoms with Gasteiger partial charge in [0, 0.05) is 17.8 Å². The molecule has 1 fully saturated rings. The summed E-state index contributed by atoms with van der Waals surface area (Å²) in [6.45, 7) is 3.56. The van der Waals surface area contributed by atoms with Gasteiger partial charge in [-0.05, 0) is 29.8 Å². The molecule has 0 unspecified atom stereocenters. The number of thiophene rings is 1. The summed E-state index contributed by atoms with van der Waals surface area (Å²) in [5, 5.41) is 3.02. The molecule has 0 spiro atoms. The first-order chi connectivity index (χ1) is 15.0. The van der Waals surface area contributed by atoms with E-state index in [1.165, 1.54) is 16.2 Å². The first-order valence-corrected chi connectivity index (χ1v) is 11.4. The van der Waals surface area contributed by atoms with Crippen LogP contribution in [0.25, 0.3) is 0 Å². The average molecular weight is 454 g/mol. The second-order valence-electron chi connectivity index (χ2n) is 7.59. The molecule has 5 nitrogen and oxygen atoms in total. The molecule has 1 saturated heterocycles. The highest BCUT2D eigenvalue weighted by Gasteiger charge is 2.52. The maximum absolute atomic E-state index is 13.7. The molecular formula is C24H24ClN3O2S. The minimum atomic E-state index is -1.12. The highest BCUT2D eigenvalue weighted by atomic mass is 35.5. The monoisotopic (exact) mass is 453 g/mol. The van der Waals surface area contributed by atoms with Gasteiger partial charge in [0.2, 0.25) is 0 Å². The molecule has 1 N–H and O–H groups in total. The lowest BCUT2D eigenvalue weighted by Crippen LogP contribution is -2.47. The van der Waals surface area contributed by atoms with Crippen LogP contribution in [0.2, 0.25) is 4.34 Å². The largest absolute Gasteiger partial charge is 0.326 e. The minimum Gasteiger partial charge on any atom is -0.319 e. The molecule has 3 aromatic rings. The molecule has 31 heavy (non-hydrogen) atoms. The molecule has 1 aromatic heterocycles. The van der Waals surface area contributed by atoms with Crippen molar-refractivity contribution in [3.8, 4) is 0 Å². The van der Waals surface area contributed by atoms with Crippen LogP contribution >= 0.6 is 22.9 Å². The standard InChI is InChI=1S/C24H24ClN3O2S/c1-2-27(16-20-13-14-21(25)31-20)17-28-22(29)24(26-23(28)30,19-11-7-4-8-12-19)15-18-9-5-3-6-10-18/h3-14H,2,15-17H2,1H3,(H,26,30)/t24-/m1/s1. The van der Waals surface area contributed by atoms with Crippen LogP contribution in [0.3, 0.4) is 0 Å². The van der Waals surface area contributed by atoms with Crippen molar-refractivity contribution in [1.82, 2.24) is 15.1 Å². The Kier molecular flexibility index (Phi) is 6.41. The van der Waals surface area contributed by atoms with Crippen LogP contribution in [-0.2, 0) is 23.3 Å². The number of hydrogen-bond acceptors (Lipinski definition) is 4. The van der Waals surface area contributed by atoms with Gasteiger partial charge in [0.05, 0.1) is 11.0 Å². The Morgan fingerprint density at radius 3 is 2.29 bits per heavy atom. The Balaban J connectivity index is 1.62. The predicted octanol–water partition coefficient (Wildman–Crippen LogP) is 4.87. The zero-order valence-corrected chi connectivity index (χ0v) is 18.8. The van der Waals surface area contributed by atoms with E-state index in [2.05, 4.69) is 10.2 Å². The number of carbonyl (C=O) groups excluding carboxylic acids is 2. The van der Waals surface area contributed by atoms with Crippen molar-refractivity contribution in [2.24, 2.45) is 0 Å². The second-order valence-corrected chi connectivity index (χ2v) is 9.39. The summed E-state index contributed by atoms with van der Waals surface area (Å²) in [5.41, 5.74) is 0.654. The van der Waals surface area contributed by atoms with E-state index in [4.69, 9.17) is 11.6 Å². The third kappa shape index (κ3) is 4.51. The van der Waals surface area contributed by atoms with Gasteiger partial charge in [-0.2, -0.15) is 0 Å². The fourth-order valence-electron chi connectivity index (χ4n) is 3.92.